The van der Waals surface area contributed by atoms with E-state index in [9.17, 15) is 9.59 Å². The fourth-order valence-electron chi connectivity index (χ4n) is 2.68. The van der Waals surface area contributed by atoms with E-state index in [2.05, 4.69) is 0 Å². The summed E-state index contributed by atoms with van der Waals surface area (Å²) < 4.78 is 10.6. The number of likely N-dealkylation sites (tertiary alicyclic amines) is 1. The number of carbonyl (C=O) groups is 2. The van der Waals surface area contributed by atoms with Gasteiger partial charge in [-0.05, 0) is 42.8 Å². The smallest absolute Gasteiger partial charge is 0.223 e. The quantitative estimate of drug-likeness (QED) is 0.806. The lowest BCUT2D eigenvalue weighted by Gasteiger charge is -2.29. The topological polar surface area (TPSA) is 63.7 Å². The molecule has 2 aromatic heterocycles. The summed E-state index contributed by atoms with van der Waals surface area (Å²) in [7, 11) is 0. The maximum atomic E-state index is 12.7. The molecule has 0 aliphatic carbocycles. The second-order valence-corrected chi connectivity index (χ2v) is 5.70. The average molecular weight is 325 g/mol. The zero-order chi connectivity index (χ0) is 16.9. The molecule has 2 aromatic rings. The van der Waals surface area contributed by atoms with Gasteiger partial charge in [-0.3, -0.25) is 9.59 Å². The Bertz CT molecular complexity index is 710. The van der Waals surface area contributed by atoms with E-state index in [1.165, 1.54) is 0 Å². The van der Waals surface area contributed by atoms with Gasteiger partial charge in [0, 0.05) is 30.7 Å². The van der Waals surface area contributed by atoms with Crippen LogP contribution in [0.15, 0.2) is 56.8 Å². The molecule has 0 aromatic carbocycles. The molecule has 0 bridgehead atoms. The van der Waals surface area contributed by atoms with Gasteiger partial charge in [0.05, 0.1) is 12.5 Å². The van der Waals surface area contributed by atoms with Gasteiger partial charge in [-0.2, -0.15) is 0 Å². The third-order valence-electron chi connectivity index (χ3n) is 3.84. The Morgan fingerprint density at radius 1 is 1.08 bits per heavy atom. The summed E-state index contributed by atoms with van der Waals surface area (Å²) in [6.45, 7) is 2.56. The molecule has 5 nitrogen and oxygen atoms in total. The fourth-order valence-corrected chi connectivity index (χ4v) is 2.68. The molecule has 124 valence electrons. The van der Waals surface area contributed by atoms with Gasteiger partial charge < -0.3 is 13.7 Å². The molecule has 3 heterocycles. The van der Waals surface area contributed by atoms with E-state index in [1.807, 2.05) is 6.92 Å². The first-order valence-corrected chi connectivity index (χ1v) is 7.98. The Hall–Kier alpha value is -2.82. The molecular weight excluding hydrogens is 306 g/mol. The van der Waals surface area contributed by atoms with Gasteiger partial charge >= 0.3 is 0 Å². The summed E-state index contributed by atoms with van der Waals surface area (Å²) in [5, 5.41) is 0. The molecule has 1 amide bonds. The molecule has 1 saturated heterocycles. The van der Waals surface area contributed by atoms with Crippen LogP contribution in [0.2, 0.25) is 0 Å². The molecule has 0 unspecified atom stereocenters. The van der Waals surface area contributed by atoms with Crippen molar-refractivity contribution in [1.29, 1.82) is 0 Å². The molecular formula is C19H19NO4. The molecule has 0 saturated carbocycles. The van der Waals surface area contributed by atoms with Crippen molar-refractivity contribution in [3.63, 3.8) is 0 Å². The largest absolute Gasteiger partial charge is 0.465 e. The summed E-state index contributed by atoms with van der Waals surface area (Å²) in [5.41, 5.74) is 1.08. The molecule has 0 atom stereocenters. The summed E-state index contributed by atoms with van der Waals surface area (Å²) >= 11 is 0. The molecule has 1 aliphatic rings. The van der Waals surface area contributed by atoms with E-state index < -0.39 is 0 Å². The van der Waals surface area contributed by atoms with Crippen LogP contribution in [0.4, 0.5) is 0 Å². The van der Waals surface area contributed by atoms with Crippen LogP contribution >= 0.6 is 0 Å². The average Bonchev–Trinajstić information content (AvgIpc) is 3.25. The standard InChI is InChI=1S/C19H19NO4/c1-2-5-18(21)20-12-14(10-16-6-3-8-23-16)19(22)15(13-20)11-17-7-4-9-24-17/h3-4,6-11H,2,5,12-13H2,1H3/b14-10+,15-11+. The molecule has 24 heavy (non-hydrogen) atoms. The summed E-state index contributed by atoms with van der Waals surface area (Å²) in [6, 6.07) is 7.09. The number of rotatable bonds is 4. The predicted molar refractivity (Wildman–Crippen MR) is 89.9 cm³/mol. The van der Waals surface area contributed by atoms with Crippen LogP contribution < -0.4 is 0 Å². The number of ketones is 1. The maximum Gasteiger partial charge on any atom is 0.223 e. The van der Waals surface area contributed by atoms with Crippen molar-refractivity contribution in [3.8, 4) is 0 Å². The van der Waals surface area contributed by atoms with Crippen molar-refractivity contribution in [2.24, 2.45) is 0 Å². The highest BCUT2D eigenvalue weighted by Crippen LogP contribution is 2.23. The molecule has 5 heteroatoms. The second-order valence-electron chi connectivity index (χ2n) is 5.70. The van der Waals surface area contributed by atoms with Crippen LogP contribution in [0, 0.1) is 0 Å². The number of furan rings is 2. The highest BCUT2D eigenvalue weighted by molar-refractivity contribution is 6.15. The summed E-state index contributed by atoms with van der Waals surface area (Å²) in [5.74, 6) is 1.16. The molecule has 0 radical (unpaired) electrons. The Morgan fingerprint density at radius 3 is 2.04 bits per heavy atom. The number of hydrogen-bond donors (Lipinski definition) is 0. The minimum Gasteiger partial charge on any atom is -0.465 e. The Balaban J connectivity index is 1.93. The minimum absolute atomic E-state index is 0.0423. The molecule has 0 N–H and O–H groups in total. The Kier molecular flexibility index (Phi) is 4.79. The van der Waals surface area contributed by atoms with Crippen LogP contribution in [0.5, 0.6) is 0 Å². The fraction of sp³-hybridized carbons (Fsp3) is 0.263. The Morgan fingerprint density at radius 2 is 1.62 bits per heavy atom. The van der Waals surface area contributed by atoms with Gasteiger partial charge in [0.2, 0.25) is 5.91 Å². The lowest BCUT2D eigenvalue weighted by molar-refractivity contribution is -0.131. The Labute approximate surface area is 140 Å². The number of carbonyl (C=O) groups excluding carboxylic acids is 2. The third-order valence-corrected chi connectivity index (χ3v) is 3.84. The van der Waals surface area contributed by atoms with Crippen molar-refractivity contribution < 1.29 is 18.4 Å². The van der Waals surface area contributed by atoms with Gasteiger partial charge in [-0.15, -0.1) is 0 Å². The lowest BCUT2D eigenvalue weighted by atomic mass is 9.95. The number of nitrogens with zero attached hydrogens (tertiary/aromatic N) is 1. The van der Waals surface area contributed by atoms with Gasteiger partial charge in [0.1, 0.15) is 11.5 Å². The van der Waals surface area contributed by atoms with Crippen molar-refractivity contribution in [1.82, 2.24) is 4.90 Å². The zero-order valence-electron chi connectivity index (χ0n) is 13.5. The molecule has 0 spiro atoms. The number of Topliss-reactive ketones (excluding diaryl/α,β-unsaturated/α-hetero) is 1. The summed E-state index contributed by atoms with van der Waals surface area (Å²) in [4.78, 5) is 26.8. The van der Waals surface area contributed by atoms with Gasteiger partial charge in [0.15, 0.2) is 5.78 Å². The van der Waals surface area contributed by atoms with Crippen molar-refractivity contribution in [3.05, 3.63) is 59.5 Å². The molecule has 1 aliphatic heterocycles. The van der Waals surface area contributed by atoms with Crippen LogP contribution in [0.3, 0.4) is 0 Å². The van der Waals surface area contributed by atoms with E-state index in [4.69, 9.17) is 8.83 Å². The van der Waals surface area contributed by atoms with Gasteiger partial charge in [0.25, 0.3) is 0 Å². The number of amides is 1. The highest BCUT2D eigenvalue weighted by atomic mass is 16.3. The van der Waals surface area contributed by atoms with Crippen LogP contribution in [0.25, 0.3) is 12.2 Å². The van der Waals surface area contributed by atoms with E-state index in [-0.39, 0.29) is 11.7 Å². The van der Waals surface area contributed by atoms with Gasteiger partial charge in [-0.25, -0.2) is 0 Å². The SMILES string of the molecule is CCCC(=O)N1C/C(=C\c2ccco2)C(=O)/C(=C/c2ccco2)C1. The first-order chi connectivity index (χ1) is 11.7. The van der Waals surface area contributed by atoms with Gasteiger partial charge in [-0.1, -0.05) is 6.92 Å². The summed E-state index contributed by atoms with van der Waals surface area (Å²) in [6.07, 6.45) is 7.75. The molecule has 1 fully saturated rings. The van der Waals surface area contributed by atoms with Crippen LogP contribution in [0.1, 0.15) is 31.3 Å². The number of hydrogen-bond acceptors (Lipinski definition) is 4. The monoisotopic (exact) mass is 325 g/mol. The second kappa shape index (κ2) is 7.17. The third kappa shape index (κ3) is 3.56. The van der Waals surface area contributed by atoms with Crippen molar-refractivity contribution in [2.75, 3.05) is 13.1 Å². The van der Waals surface area contributed by atoms with Crippen molar-refractivity contribution in [2.45, 2.75) is 19.8 Å². The van der Waals surface area contributed by atoms with E-state index in [0.29, 0.717) is 42.2 Å². The first kappa shape index (κ1) is 16.1. The lowest BCUT2D eigenvalue weighted by Crippen LogP contribution is -2.41. The van der Waals surface area contributed by atoms with E-state index in [0.717, 1.165) is 6.42 Å². The normalized spacial score (nSPS) is 18.5. The zero-order valence-corrected chi connectivity index (χ0v) is 13.5. The van der Waals surface area contributed by atoms with E-state index >= 15 is 0 Å². The van der Waals surface area contributed by atoms with Crippen molar-refractivity contribution >= 4 is 23.8 Å². The predicted octanol–water partition coefficient (Wildman–Crippen LogP) is 3.55. The van der Waals surface area contributed by atoms with Crippen LogP contribution in [-0.4, -0.2) is 29.7 Å². The number of piperidine rings is 1. The van der Waals surface area contributed by atoms with E-state index in [1.54, 1.807) is 53.8 Å². The highest BCUT2D eigenvalue weighted by Gasteiger charge is 2.29. The first-order valence-electron chi connectivity index (χ1n) is 7.98. The minimum atomic E-state index is -0.0802. The maximum absolute atomic E-state index is 12.7. The van der Waals surface area contributed by atoms with Crippen LogP contribution in [-0.2, 0) is 9.59 Å². The molecule has 3 rings (SSSR count).